The molecule has 0 aromatic heterocycles. The van der Waals surface area contributed by atoms with Gasteiger partial charge in [-0.1, -0.05) is 39.7 Å². The number of carbonyl (C=O) groups excluding carboxylic acids is 1. The van der Waals surface area contributed by atoms with Crippen LogP contribution in [0.25, 0.3) is 0 Å². The van der Waals surface area contributed by atoms with E-state index in [2.05, 4.69) is 21.2 Å². The maximum atomic E-state index is 13.0. The zero-order valence-electron chi connectivity index (χ0n) is 10.7. The van der Waals surface area contributed by atoms with Gasteiger partial charge in [-0.2, -0.15) is 0 Å². The fourth-order valence-corrected chi connectivity index (χ4v) is 2.25. The summed E-state index contributed by atoms with van der Waals surface area (Å²) in [5.41, 5.74) is 2.37. The molecule has 1 amide bonds. The Hall–Kier alpha value is -1.39. The highest BCUT2D eigenvalue weighted by atomic mass is 79.9. The average Bonchev–Trinajstić information content (AvgIpc) is 2.43. The Bertz CT molecular complexity index is 660. The van der Waals surface area contributed by atoms with E-state index in [-0.39, 0.29) is 10.9 Å². The second-order valence-corrected chi connectivity index (χ2v) is 5.66. The number of rotatable bonds is 3. The molecular weight excluding hydrogens is 345 g/mol. The molecule has 0 saturated heterocycles. The van der Waals surface area contributed by atoms with Gasteiger partial charge in [-0.15, -0.1) is 0 Å². The van der Waals surface area contributed by atoms with Gasteiger partial charge < -0.3 is 5.32 Å². The van der Waals surface area contributed by atoms with Gasteiger partial charge in [-0.25, -0.2) is 4.39 Å². The first-order chi connectivity index (χ1) is 9.47. The standard InChI is InChI=1S/C15H12BrClFNO/c1-9-2-4-11(7-12(9)16)15(20)19-8-10-3-5-14(18)13(17)6-10/h2-7H,8H2,1H3,(H,19,20). The Kier molecular flexibility index (Phi) is 4.78. The van der Waals surface area contributed by atoms with Crippen LogP contribution in [-0.2, 0) is 6.54 Å². The monoisotopic (exact) mass is 355 g/mol. The van der Waals surface area contributed by atoms with Gasteiger partial charge in [0.15, 0.2) is 0 Å². The lowest BCUT2D eigenvalue weighted by molar-refractivity contribution is 0.0951. The molecule has 2 nitrogen and oxygen atoms in total. The van der Waals surface area contributed by atoms with Gasteiger partial charge in [0.25, 0.3) is 5.91 Å². The van der Waals surface area contributed by atoms with Crippen molar-refractivity contribution in [3.8, 4) is 0 Å². The number of halogens is 3. The number of carbonyl (C=O) groups is 1. The van der Waals surface area contributed by atoms with Crippen LogP contribution in [0.15, 0.2) is 40.9 Å². The zero-order valence-corrected chi connectivity index (χ0v) is 13.1. The van der Waals surface area contributed by atoms with E-state index in [1.807, 2.05) is 13.0 Å². The van der Waals surface area contributed by atoms with Crippen molar-refractivity contribution in [2.45, 2.75) is 13.5 Å². The van der Waals surface area contributed by atoms with Crippen molar-refractivity contribution in [1.29, 1.82) is 0 Å². The van der Waals surface area contributed by atoms with Gasteiger partial charge in [-0.3, -0.25) is 4.79 Å². The third-order valence-corrected chi connectivity index (χ3v) is 4.02. The summed E-state index contributed by atoms with van der Waals surface area (Å²) in [6.07, 6.45) is 0. The van der Waals surface area contributed by atoms with Gasteiger partial charge in [-0.05, 0) is 42.3 Å². The summed E-state index contributed by atoms with van der Waals surface area (Å²) >= 11 is 9.08. The van der Waals surface area contributed by atoms with Crippen LogP contribution >= 0.6 is 27.5 Å². The molecule has 1 N–H and O–H groups in total. The van der Waals surface area contributed by atoms with E-state index in [1.165, 1.54) is 12.1 Å². The van der Waals surface area contributed by atoms with Gasteiger partial charge in [0.1, 0.15) is 5.82 Å². The van der Waals surface area contributed by atoms with E-state index in [0.717, 1.165) is 15.6 Å². The van der Waals surface area contributed by atoms with Crippen LogP contribution in [0, 0.1) is 12.7 Å². The van der Waals surface area contributed by atoms with Crippen molar-refractivity contribution >= 4 is 33.4 Å². The summed E-state index contributed by atoms with van der Waals surface area (Å²) < 4.78 is 13.9. The van der Waals surface area contributed by atoms with Crippen molar-refractivity contribution in [3.63, 3.8) is 0 Å². The van der Waals surface area contributed by atoms with Crippen LogP contribution in [0.1, 0.15) is 21.5 Å². The molecule has 2 rings (SSSR count). The summed E-state index contributed by atoms with van der Waals surface area (Å²) in [6.45, 7) is 2.25. The van der Waals surface area contributed by atoms with Crippen molar-refractivity contribution < 1.29 is 9.18 Å². The minimum absolute atomic E-state index is 0.0508. The van der Waals surface area contributed by atoms with Crippen molar-refractivity contribution in [3.05, 3.63) is 68.4 Å². The number of amides is 1. The second kappa shape index (κ2) is 6.37. The number of benzene rings is 2. The Balaban J connectivity index is 2.04. The van der Waals surface area contributed by atoms with Crippen LogP contribution < -0.4 is 5.32 Å². The van der Waals surface area contributed by atoms with Crippen LogP contribution in [-0.4, -0.2) is 5.91 Å². The maximum Gasteiger partial charge on any atom is 0.251 e. The zero-order chi connectivity index (χ0) is 14.7. The first-order valence-corrected chi connectivity index (χ1v) is 7.13. The van der Waals surface area contributed by atoms with Crippen molar-refractivity contribution in [2.24, 2.45) is 0 Å². The second-order valence-electron chi connectivity index (χ2n) is 4.40. The van der Waals surface area contributed by atoms with Crippen molar-refractivity contribution in [2.75, 3.05) is 0 Å². The van der Waals surface area contributed by atoms with Gasteiger partial charge in [0.2, 0.25) is 0 Å². The Morgan fingerprint density at radius 3 is 2.70 bits per heavy atom. The molecule has 0 bridgehead atoms. The molecule has 0 spiro atoms. The molecule has 5 heteroatoms. The Morgan fingerprint density at radius 2 is 2.05 bits per heavy atom. The third-order valence-electron chi connectivity index (χ3n) is 2.87. The molecule has 0 radical (unpaired) electrons. The lowest BCUT2D eigenvalue weighted by Gasteiger charge is -2.07. The topological polar surface area (TPSA) is 29.1 Å². The predicted molar refractivity (Wildman–Crippen MR) is 81.5 cm³/mol. The highest BCUT2D eigenvalue weighted by Gasteiger charge is 2.07. The number of hydrogen-bond donors (Lipinski definition) is 1. The summed E-state index contributed by atoms with van der Waals surface area (Å²) in [4.78, 5) is 12.0. The summed E-state index contributed by atoms with van der Waals surface area (Å²) in [5.74, 6) is -0.657. The third kappa shape index (κ3) is 3.58. The van der Waals surface area contributed by atoms with E-state index in [4.69, 9.17) is 11.6 Å². The fraction of sp³-hybridized carbons (Fsp3) is 0.133. The maximum absolute atomic E-state index is 13.0. The van der Waals surface area contributed by atoms with E-state index in [1.54, 1.807) is 18.2 Å². The molecular formula is C15H12BrClFNO. The first-order valence-electron chi connectivity index (χ1n) is 5.95. The smallest absolute Gasteiger partial charge is 0.251 e. The molecule has 0 fully saturated rings. The quantitative estimate of drug-likeness (QED) is 0.863. The molecule has 2 aromatic carbocycles. The lowest BCUT2D eigenvalue weighted by Crippen LogP contribution is -2.22. The summed E-state index contributed by atoms with van der Waals surface area (Å²) in [5, 5.41) is 2.82. The normalized spacial score (nSPS) is 10.4. The van der Waals surface area contributed by atoms with Crippen molar-refractivity contribution in [1.82, 2.24) is 5.32 Å². The van der Waals surface area contributed by atoms with Crippen LogP contribution in [0.3, 0.4) is 0 Å². The molecule has 2 aromatic rings. The minimum Gasteiger partial charge on any atom is -0.348 e. The molecule has 0 unspecified atom stereocenters. The number of aryl methyl sites for hydroxylation is 1. The molecule has 0 saturated carbocycles. The molecule has 0 atom stereocenters. The van der Waals surface area contributed by atoms with E-state index >= 15 is 0 Å². The van der Waals surface area contributed by atoms with E-state index < -0.39 is 5.82 Å². The average molecular weight is 357 g/mol. The van der Waals surface area contributed by atoms with E-state index in [0.29, 0.717) is 12.1 Å². The summed E-state index contributed by atoms with van der Waals surface area (Å²) in [7, 11) is 0. The Labute approximate surface area is 130 Å². The molecule has 104 valence electrons. The fourth-order valence-electron chi connectivity index (χ4n) is 1.67. The van der Waals surface area contributed by atoms with Crippen LogP contribution in [0.5, 0.6) is 0 Å². The SMILES string of the molecule is Cc1ccc(C(=O)NCc2ccc(F)c(Cl)c2)cc1Br. The molecule has 0 aliphatic rings. The van der Waals surface area contributed by atoms with E-state index in [9.17, 15) is 9.18 Å². The molecule has 0 heterocycles. The lowest BCUT2D eigenvalue weighted by atomic mass is 10.1. The Morgan fingerprint density at radius 1 is 1.30 bits per heavy atom. The summed E-state index contributed by atoms with van der Waals surface area (Å²) in [6, 6.07) is 9.77. The molecule has 0 aliphatic heterocycles. The van der Waals surface area contributed by atoms with Crippen LogP contribution in [0.4, 0.5) is 4.39 Å². The number of hydrogen-bond acceptors (Lipinski definition) is 1. The van der Waals surface area contributed by atoms with Gasteiger partial charge >= 0.3 is 0 Å². The number of nitrogens with one attached hydrogen (secondary N) is 1. The molecule has 20 heavy (non-hydrogen) atoms. The highest BCUT2D eigenvalue weighted by molar-refractivity contribution is 9.10. The first kappa shape index (κ1) is 15.0. The van der Waals surface area contributed by atoms with Gasteiger partial charge in [0.05, 0.1) is 5.02 Å². The molecule has 0 aliphatic carbocycles. The van der Waals surface area contributed by atoms with Crippen LogP contribution in [0.2, 0.25) is 5.02 Å². The van der Waals surface area contributed by atoms with Gasteiger partial charge in [0, 0.05) is 16.6 Å². The predicted octanol–water partition coefficient (Wildman–Crippen LogP) is 4.48. The largest absolute Gasteiger partial charge is 0.348 e. The minimum atomic E-state index is -0.468. The highest BCUT2D eigenvalue weighted by Crippen LogP contribution is 2.18.